The number of hydrogen-bond donors (Lipinski definition) is 1. The molecule has 7 heteroatoms. The second-order valence-electron chi connectivity index (χ2n) is 5.21. The molecule has 3 heterocycles. The molecule has 1 unspecified atom stereocenters. The van der Waals surface area contributed by atoms with E-state index in [9.17, 15) is 0 Å². The third kappa shape index (κ3) is 2.95. The van der Waals surface area contributed by atoms with Crippen LogP contribution >= 0.6 is 11.6 Å². The second kappa shape index (κ2) is 5.89. The first-order valence-corrected chi connectivity index (χ1v) is 7.39. The molecule has 6 nitrogen and oxygen atoms in total. The summed E-state index contributed by atoms with van der Waals surface area (Å²) in [4.78, 5) is 12.8. The molecule has 0 spiro atoms. The van der Waals surface area contributed by atoms with Gasteiger partial charge in [-0.15, -0.1) is 0 Å². The number of aromatic nitrogens is 4. The van der Waals surface area contributed by atoms with Crippen LogP contribution < -0.4 is 10.1 Å². The summed E-state index contributed by atoms with van der Waals surface area (Å²) in [6.45, 7) is 3.83. The lowest BCUT2D eigenvalue weighted by Gasteiger charge is -2.23. The van der Waals surface area contributed by atoms with E-state index in [2.05, 4.69) is 31.0 Å². The van der Waals surface area contributed by atoms with E-state index < -0.39 is 0 Å². The normalized spacial score (nSPS) is 17.4. The Labute approximate surface area is 128 Å². The van der Waals surface area contributed by atoms with Crippen molar-refractivity contribution in [2.45, 2.75) is 32.2 Å². The number of fused-ring (bicyclic) bond motifs is 1. The van der Waals surface area contributed by atoms with Crippen molar-refractivity contribution in [3.63, 3.8) is 0 Å². The Morgan fingerprint density at radius 1 is 1.48 bits per heavy atom. The molecule has 1 atom stereocenters. The maximum atomic E-state index is 6.11. The minimum atomic E-state index is 0.308. The van der Waals surface area contributed by atoms with Gasteiger partial charge in [0.15, 0.2) is 5.82 Å². The summed E-state index contributed by atoms with van der Waals surface area (Å²) in [7, 11) is 1.54. The molecule has 0 fully saturated rings. The van der Waals surface area contributed by atoms with Gasteiger partial charge in [-0.2, -0.15) is 4.98 Å². The molecule has 1 aliphatic rings. The van der Waals surface area contributed by atoms with Gasteiger partial charge in [0.05, 0.1) is 19.0 Å². The highest BCUT2D eigenvalue weighted by Gasteiger charge is 2.22. The van der Waals surface area contributed by atoms with Crippen LogP contribution in [0.25, 0.3) is 0 Å². The van der Waals surface area contributed by atoms with Crippen LogP contribution in [0.3, 0.4) is 0 Å². The zero-order valence-electron chi connectivity index (χ0n) is 12.1. The first kappa shape index (κ1) is 14.1. The van der Waals surface area contributed by atoms with Crippen molar-refractivity contribution < 1.29 is 4.74 Å². The van der Waals surface area contributed by atoms with E-state index in [1.165, 1.54) is 7.11 Å². The fourth-order valence-corrected chi connectivity index (χ4v) is 2.85. The van der Waals surface area contributed by atoms with Crippen molar-refractivity contribution in [3.05, 3.63) is 28.9 Å². The van der Waals surface area contributed by atoms with E-state index in [0.717, 1.165) is 37.4 Å². The fraction of sp³-hybridized carbons (Fsp3) is 0.500. The summed E-state index contributed by atoms with van der Waals surface area (Å²) >= 11 is 6.11. The molecular weight excluding hydrogens is 290 g/mol. The Bertz CT molecular complexity index is 642. The number of aryl methyl sites for hydroxylation is 2. The topological polar surface area (TPSA) is 64.9 Å². The number of ether oxygens (including phenoxy) is 1. The van der Waals surface area contributed by atoms with Gasteiger partial charge in [-0.3, -0.25) is 0 Å². The minimum Gasteiger partial charge on any atom is -0.467 e. The number of rotatable bonds is 4. The van der Waals surface area contributed by atoms with Crippen LogP contribution in [0.2, 0.25) is 5.02 Å². The largest absolute Gasteiger partial charge is 0.467 e. The molecule has 2 aromatic rings. The molecule has 0 aliphatic carbocycles. The highest BCUT2D eigenvalue weighted by molar-refractivity contribution is 6.32. The molecule has 1 N–H and O–H groups in total. The number of hydrogen-bond acceptors (Lipinski definition) is 5. The van der Waals surface area contributed by atoms with E-state index in [1.807, 2.05) is 6.92 Å². The van der Waals surface area contributed by atoms with Gasteiger partial charge in [-0.25, -0.2) is 9.97 Å². The number of halogens is 1. The summed E-state index contributed by atoms with van der Waals surface area (Å²) in [6.07, 6.45) is 5.93. The van der Waals surface area contributed by atoms with Crippen molar-refractivity contribution in [2.24, 2.45) is 0 Å². The average molecular weight is 308 g/mol. The predicted octanol–water partition coefficient (Wildman–Crippen LogP) is 2.63. The Balaban J connectivity index is 1.74. The summed E-state index contributed by atoms with van der Waals surface area (Å²) in [6, 6.07) is 0.308. The number of nitrogens with zero attached hydrogens (tertiary/aromatic N) is 4. The van der Waals surface area contributed by atoms with E-state index in [4.69, 9.17) is 16.3 Å². The molecule has 0 amide bonds. The lowest BCUT2D eigenvalue weighted by Crippen LogP contribution is -2.22. The Morgan fingerprint density at radius 2 is 2.33 bits per heavy atom. The average Bonchev–Trinajstić information content (AvgIpc) is 2.87. The Morgan fingerprint density at radius 3 is 3.14 bits per heavy atom. The SMILES string of the molecule is COc1ncc(Cl)c(NCC2CCCn3cc(C)nc32)n1. The number of anilines is 1. The van der Waals surface area contributed by atoms with Crippen LogP contribution in [0, 0.1) is 6.92 Å². The Kier molecular flexibility index (Phi) is 3.96. The van der Waals surface area contributed by atoms with E-state index in [0.29, 0.717) is 22.8 Å². The molecule has 1 aliphatic heterocycles. The van der Waals surface area contributed by atoms with Gasteiger partial charge in [0.25, 0.3) is 0 Å². The molecule has 0 saturated carbocycles. The monoisotopic (exact) mass is 307 g/mol. The molecule has 21 heavy (non-hydrogen) atoms. The molecule has 112 valence electrons. The third-order valence-corrected chi connectivity index (χ3v) is 3.94. The third-order valence-electron chi connectivity index (χ3n) is 3.67. The van der Waals surface area contributed by atoms with Crippen LogP contribution in [0.5, 0.6) is 6.01 Å². The minimum absolute atomic E-state index is 0.308. The van der Waals surface area contributed by atoms with Crippen molar-refractivity contribution in [2.75, 3.05) is 19.0 Å². The predicted molar refractivity (Wildman–Crippen MR) is 81.0 cm³/mol. The van der Waals surface area contributed by atoms with Crippen LogP contribution in [-0.2, 0) is 6.54 Å². The quantitative estimate of drug-likeness (QED) is 0.940. The number of nitrogens with one attached hydrogen (secondary N) is 1. The van der Waals surface area contributed by atoms with Crippen LogP contribution in [0.1, 0.15) is 30.3 Å². The van der Waals surface area contributed by atoms with Gasteiger partial charge in [0.1, 0.15) is 10.8 Å². The van der Waals surface area contributed by atoms with Crippen LogP contribution in [0.15, 0.2) is 12.4 Å². The van der Waals surface area contributed by atoms with Gasteiger partial charge in [-0.1, -0.05) is 11.6 Å². The van der Waals surface area contributed by atoms with Gasteiger partial charge < -0.3 is 14.6 Å². The van der Waals surface area contributed by atoms with E-state index in [1.54, 1.807) is 6.20 Å². The lowest BCUT2D eigenvalue weighted by molar-refractivity contribution is 0.380. The first-order valence-electron chi connectivity index (χ1n) is 7.01. The molecule has 0 bridgehead atoms. The van der Waals surface area contributed by atoms with Gasteiger partial charge in [0, 0.05) is 25.2 Å². The summed E-state index contributed by atoms with van der Waals surface area (Å²) < 4.78 is 7.27. The lowest BCUT2D eigenvalue weighted by atomic mass is 9.99. The fourth-order valence-electron chi connectivity index (χ4n) is 2.69. The van der Waals surface area contributed by atoms with Gasteiger partial charge in [0.2, 0.25) is 0 Å². The van der Waals surface area contributed by atoms with Crippen LogP contribution in [-0.4, -0.2) is 33.2 Å². The van der Waals surface area contributed by atoms with Crippen molar-refractivity contribution in [1.29, 1.82) is 0 Å². The highest BCUT2D eigenvalue weighted by Crippen LogP contribution is 2.28. The van der Waals surface area contributed by atoms with Crippen LogP contribution in [0.4, 0.5) is 5.82 Å². The van der Waals surface area contributed by atoms with Gasteiger partial charge >= 0.3 is 6.01 Å². The Hall–Kier alpha value is -1.82. The molecule has 0 radical (unpaired) electrons. The maximum Gasteiger partial charge on any atom is 0.318 e. The molecule has 2 aromatic heterocycles. The summed E-state index contributed by atoms with van der Waals surface area (Å²) in [5.41, 5.74) is 1.07. The van der Waals surface area contributed by atoms with E-state index >= 15 is 0 Å². The molecule has 0 aromatic carbocycles. The zero-order valence-corrected chi connectivity index (χ0v) is 12.9. The van der Waals surface area contributed by atoms with E-state index in [-0.39, 0.29) is 0 Å². The molecule has 0 saturated heterocycles. The maximum absolute atomic E-state index is 6.11. The standard InChI is InChI=1S/C14H18ClN5O/c1-9-8-20-5-3-4-10(13(20)18-9)6-16-12-11(15)7-17-14(19-12)21-2/h7-8,10H,3-6H2,1-2H3,(H,16,17,19). The van der Waals surface area contributed by atoms with Crippen molar-refractivity contribution in [1.82, 2.24) is 19.5 Å². The smallest absolute Gasteiger partial charge is 0.318 e. The van der Waals surface area contributed by atoms with Gasteiger partial charge in [-0.05, 0) is 19.8 Å². The molecule has 3 rings (SSSR count). The molecular formula is C14H18ClN5O. The number of imidazole rings is 1. The second-order valence-corrected chi connectivity index (χ2v) is 5.61. The van der Waals surface area contributed by atoms with Crippen molar-refractivity contribution in [3.8, 4) is 6.01 Å². The highest BCUT2D eigenvalue weighted by atomic mass is 35.5. The summed E-state index contributed by atoms with van der Waals surface area (Å²) in [5.74, 6) is 2.11. The first-order chi connectivity index (χ1) is 10.2. The van der Waals surface area contributed by atoms with Crippen molar-refractivity contribution >= 4 is 17.4 Å². The zero-order chi connectivity index (χ0) is 14.8. The summed E-state index contributed by atoms with van der Waals surface area (Å²) in [5, 5.41) is 3.78. The number of methoxy groups -OCH3 is 1.